The first kappa shape index (κ1) is 8.26. The summed E-state index contributed by atoms with van der Waals surface area (Å²) in [6, 6.07) is 0. The first-order valence-electron chi connectivity index (χ1n) is 3.15. The Morgan fingerprint density at radius 3 is 3.09 bits per heavy atom. The van der Waals surface area contributed by atoms with E-state index in [0.29, 0.717) is 22.9 Å². The van der Waals surface area contributed by atoms with E-state index in [9.17, 15) is 0 Å². The summed E-state index contributed by atoms with van der Waals surface area (Å²) in [7, 11) is 0. The zero-order valence-corrected chi connectivity index (χ0v) is 7.63. The van der Waals surface area contributed by atoms with Gasteiger partial charge >= 0.3 is 0 Å². The van der Waals surface area contributed by atoms with Gasteiger partial charge in [-0.2, -0.15) is 0 Å². The third-order valence-corrected chi connectivity index (χ3v) is 1.40. The minimum absolute atomic E-state index is 0.315. The van der Waals surface area contributed by atoms with E-state index >= 15 is 0 Å². The molecular formula is C6H8BrN3O. The van der Waals surface area contributed by atoms with Crippen LogP contribution in [0.1, 0.15) is 6.92 Å². The van der Waals surface area contributed by atoms with Gasteiger partial charge in [-0.1, -0.05) is 0 Å². The topological polar surface area (TPSA) is 61.0 Å². The maximum Gasteiger partial charge on any atom is 0.258 e. The molecule has 1 heterocycles. The van der Waals surface area contributed by atoms with Crippen LogP contribution in [0, 0.1) is 0 Å². The Kier molecular flexibility index (Phi) is 2.64. The van der Waals surface area contributed by atoms with E-state index in [2.05, 4.69) is 25.9 Å². The molecule has 0 aromatic carbocycles. The normalized spacial score (nSPS) is 9.64. The summed E-state index contributed by atoms with van der Waals surface area (Å²) >= 11 is 3.16. The van der Waals surface area contributed by atoms with Crippen LogP contribution in [-0.4, -0.2) is 16.6 Å². The van der Waals surface area contributed by atoms with Gasteiger partial charge in [-0.3, -0.25) is 0 Å². The van der Waals surface area contributed by atoms with Crippen molar-refractivity contribution in [2.45, 2.75) is 6.92 Å². The van der Waals surface area contributed by atoms with Gasteiger partial charge in [0.2, 0.25) is 0 Å². The molecule has 0 saturated heterocycles. The van der Waals surface area contributed by atoms with Crippen molar-refractivity contribution in [1.29, 1.82) is 0 Å². The van der Waals surface area contributed by atoms with Crippen molar-refractivity contribution in [2.24, 2.45) is 0 Å². The average molecular weight is 218 g/mol. The predicted octanol–water partition coefficient (Wildman–Crippen LogP) is 1.22. The molecule has 0 bridgehead atoms. The second kappa shape index (κ2) is 3.52. The standard InChI is InChI=1S/C6H8BrN3O/c1-2-11-6-5(8)9-3-4(7)10-6/h3H,2H2,1H3,(H2,8,9). The summed E-state index contributed by atoms with van der Waals surface area (Å²) in [5.74, 6) is 0.692. The lowest BCUT2D eigenvalue weighted by Gasteiger charge is -2.03. The molecule has 11 heavy (non-hydrogen) atoms. The Labute approximate surface area is 72.9 Å². The summed E-state index contributed by atoms with van der Waals surface area (Å²) in [5, 5.41) is 0. The molecule has 0 aliphatic rings. The molecule has 0 spiro atoms. The van der Waals surface area contributed by atoms with Gasteiger partial charge < -0.3 is 10.5 Å². The fourth-order valence-corrected chi connectivity index (χ4v) is 0.868. The van der Waals surface area contributed by atoms with Crippen molar-refractivity contribution < 1.29 is 4.74 Å². The second-order valence-electron chi connectivity index (χ2n) is 1.82. The number of halogens is 1. The number of nitrogens with zero attached hydrogens (tertiary/aromatic N) is 2. The summed E-state index contributed by atoms with van der Waals surface area (Å²) in [5.41, 5.74) is 5.46. The maximum absolute atomic E-state index is 5.46. The summed E-state index contributed by atoms with van der Waals surface area (Å²) in [6.07, 6.45) is 1.53. The summed E-state index contributed by atoms with van der Waals surface area (Å²) < 4.78 is 5.71. The van der Waals surface area contributed by atoms with E-state index < -0.39 is 0 Å². The number of rotatable bonds is 2. The van der Waals surface area contributed by atoms with E-state index in [1.54, 1.807) is 0 Å². The van der Waals surface area contributed by atoms with Gasteiger partial charge in [0.1, 0.15) is 4.60 Å². The van der Waals surface area contributed by atoms with Gasteiger partial charge in [-0.05, 0) is 22.9 Å². The number of ether oxygens (including phenoxy) is 1. The largest absolute Gasteiger partial charge is 0.475 e. The molecule has 60 valence electrons. The highest BCUT2D eigenvalue weighted by molar-refractivity contribution is 9.10. The zero-order chi connectivity index (χ0) is 8.27. The molecular weight excluding hydrogens is 210 g/mol. The van der Waals surface area contributed by atoms with Crippen LogP contribution >= 0.6 is 15.9 Å². The van der Waals surface area contributed by atoms with Gasteiger partial charge in [0.25, 0.3) is 5.88 Å². The van der Waals surface area contributed by atoms with E-state index in [-0.39, 0.29) is 0 Å². The van der Waals surface area contributed by atoms with Gasteiger partial charge in [-0.15, -0.1) is 0 Å². The first-order chi connectivity index (χ1) is 5.24. The van der Waals surface area contributed by atoms with Gasteiger partial charge in [0.05, 0.1) is 12.8 Å². The Morgan fingerprint density at radius 1 is 1.73 bits per heavy atom. The Bertz CT molecular complexity index is 254. The molecule has 0 aliphatic carbocycles. The molecule has 0 radical (unpaired) electrons. The second-order valence-corrected chi connectivity index (χ2v) is 2.63. The highest BCUT2D eigenvalue weighted by Gasteiger charge is 2.02. The number of nitrogen functional groups attached to an aromatic ring is 1. The van der Waals surface area contributed by atoms with Gasteiger partial charge in [-0.25, -0.2) is 9.97 Å². The Morgan fingerprint density at radius 2 is 2.45 bits per heavy atom. The average Bonchev–Trinajstić information content (AvgIpc) is 1.98. The van der Waals surface area contributed by atoms with Crippen molar-refractivity contribution >= 4 is 21.7 Å². The van der Waals surface area contributed by atoms with Crippen LogP contribution < -0.4 is 10.5 Å². The lowest BCUT2D eigenvalue weighted by atomic mass is 10.6. The molecule has 1 aromatic heterocycles. The lowest BCUT2D eigenvalue weighted by Crippen LogP contribution is -2.01. The Balaban J connectivity index is 2.93. The lowest BCUT2D eigenvalue weighted by molar-refractivity contribution is 0.327. The molecule has 0 amide bonds. The van der Waals surface area contributed by atoms with E-state index in [0.717, 1.165) is 0 Å². The molecule has 0 aliphatic heterocycles. The molecule has 1 aromatic rings. The number of aromatic nitrogens is 2. The molecule has 5 heteroatoms. The van der Waals surface area contributed by atoms with E-state index in [4.69, 9.17) is 10.5 Å². The minimum Gasteiger partial charge on any atom is -0.475 e. The monoisotopic (exact) mass is 217 g/mol. The number of nitrogens with two attached hydrogens (primary N) is 1. The highest BCUT2D eigenvalue weighted by atomic mass is 79.9. The van der Waals surface area contributed by atoms with Crippen LogP contribution in [0.5, 0.6) is 5.88 Å². The molecule has 0 unspecified atom stereocenters. The molecule has 0 atom stereocenters. The number of hydrogen-bond acceptors (Lipinski definition) is 4. The molecule has 0 saturated carbocycles. The van der Waals surface area contributed by atoms with Crippen LogP contribution in [0.15, 0.2) is 10.8 Å². The SMILES string of the molecule is CCOc1nc(Br)cnc1N. The van der Waals surface area contributed by atoms with Crippen LogP contribution in [0.3, 0.4) is 0 Å². The molecule has 4 nitrogen and oxygen atoms in total. The third-order valence-electron chi connectivity index (χ3n) is 1.02. The van der Waals surface area contributed by atoms with Crippen molar-refractivity contribution in [3.8, 4) is 5.88 Å². The van der Waals surface area contributed by atoms with Crippen LogP contribution in [0.2, 0.25) is 0 Å². The maximum atomic E-state index is 5.46. The zero-order valence-electron chi connectivity index (χ0n) is 6.04. The summed E-state index contributed by atoms with van der Waals surface area (Å²) in [4.78, 5) is 7.81. The smallest absolute Gasteiger partial charge is 0.258 e. The fourth-order valence-electron chi connectivity index (χ4n) is 0.604. The van der Waals surface area contributed by atoms with Crippen LogP contribution in [0.4, 0.5) is 5.82 Å². The van der Waals surface area contributed by atoms with E-state index in [1.165, 1.54) is 6.20 Å². The highest BCUT2D eigenvalue weighted by Crippen LogP contribution is 2.17. The van der Waals surface area contributed by atoms with Crippen LogP contribution in [0.25, 0.3) is 0 Å². The van der Waals surface area contributed by atoms with Crippen molar-refractivity contribution in [2.75, 3.05) is 12.3 Å². The molecule has 2 N–H and O–H groups in total. The fraction of sp³-hybridized carbons (Fsp3) is 0.333. The number of hydrogen-bond donors (Lipinski definition) is 1. The van der Waals surface area contributed by atoms with Gasteiger partial charge in [0, 0.05) is 0 Å². The summed E-state index contributed by atoms with van der Waals surface area (Å²) in [6.45, 7) is 2.40. The Hall–Kier alpha value is -0.840. The minimum atomic E-state index is 0.315. The predicted molar refractivity (Wildman–Crippen MR) is 45.3 cm³/mol. The van der Waals surface area contributed by atoms with Crippen LogP contribution in [-0.2, 0) is 0 Å². The quantitative estimate of drug-likeness (QED) is 0.810. The van der Waals surface area contributed by atoms with Gasteiger partial charge in [0.15, 0.2) is 5.82 Å². The third kappa shape index (κ3) is 2.04. The first-order valence-corrected chi connectivity index (χ1v) is 3.94. The molecule has 1 rings (SSSR count). The van der Waals surface area contributed by atoms with E-state index in [1.807, 2.05) is 6.92 Å². The van der Waals surface area contributed by atoms with Crippen molar-refractivity contribution in [3.05, 3.63) is 10.8 Å². The molecule has 0 fully saturated rings. The number of anilines is 1. The van der Waals surface area contributed by atoms with Crippen molar-refractivity contribution in [1.82, 2.24) is 9.97 Å². The van der Waals surface area contributed by atoms with Crippen molar-refractivity contribution in [3.63, 3.8) is 0 Å².